The fraction of sp³-hybridized carbons (Fsp3) is 0.429. The summed E-state index contributed by atoms with van der Waals surface area (Å²) in [5, 5.41) is 11.0. The Balaban J connectivity index is 2.11. The van der Waals surface area contributed by atoms with Crippen molar-refractivity contribution in [2.24, 2.45) is 0 Å². The maximum Gasteiger partial charge on any atom is 0.253 e. The zero-order chi connectivity index (χ0) is 13.7. The van der Waals surface area contributed by atoms with Gasteiger partial charge in [-0.1, -0.05) is 25.1 Å². The van der Waals surface area contributed by atoms with Gasteiger partial charge in [0.25, 0.3) is 5.89 Å². The zero-order valence-electron chi connectivity index (χ0n) is 11.5. The van der Waals surface area contributed by atoms with E-state index in [1.165, 1.54) is 0 Å². The molecular weight excluding hydrogens is 242 g/mol. The van der Waals surface area contributed by atoms with Gasteiger partial charge in [-0.15, -0.1) is 10.2 Å². The second kappa shape index (κ2) is 6.33. The molecule has 5 nitrogen and oxygen atoms in total. The highest BCUT2D eigenvalue weighted by Gasteiger charge is 2.13. The summed E-state index contributed by atoms with van der Waals surface area (Å²) in [6.07, 6.45) is 0.997. The molecular formula is C14H19N3O2. The van der Waals surface area contributed by atoms with E-state index in [-0.39, 0.29) is 12.6 Å². The molecule has 1 heterocycles. The molecule has 0 bridgehead atoms. The summed E-state index contributed by atoms with van der Waals surface area (Å²) in [5.74, 6) is 1.89. The van der Waals surface area contributed by atoms with Crippen LogP contribution in [0.1, 0.15) is 36.7 Å². The number of aromatic nitrogens is 2. The highest BCUT2D eigenvalue weighted by molar-refractivity contribution is 5.35. The first kappa shape index (κ1) is 13.5. The molecule has 2 rings (SSSR count). The fourth-order valence-corrected chi connectivity index (χ4v) is 2.01. The predicted molar refractivity (Wildman–Crippen MR) is 71.9 cm³/mol. The molecule has 2 aromatic rings. The van der Waals surface area contributed by atoms with Gasteiger partial charge < -0.3 is 14.5 Å². The summed E-state index contributed by atoms with van der Waals surface area (Å²) in [7, 11) is 1.95. The lowest BCUT2D eigenvalue weighted by Crippen LogP contribution is -2.16. The van der Waals surface area contributed by atoms with Gasteiger partial charge in [0.15, 0.2) is 6.61 Å². The van der Waals surface area contributed by atoms with Crippen LogP contribution < -0.4 is 10.1 Å². The van der Waals surface area contributed by atoms with Crippen LogP contribution in [0.2, 0.25) is 0 Å². The number of para-hydroxylation sites is 1. The molecule has 0 aliphatic heterocycles. The van der Waals surface area contributed by atoms with Gasteiger partial charge in [0.05, 0.1) is 0 Å². The Hall–Kier alpha value is -1.88. The molecule has 0 fully saturated rings. The van der Waals surface area contributed by atoms with Crippen LogP contribution in [0.5, 0.6) is 5.75 Å². The number of nitrogens with one attached hydrogen (secondary N) is 1. The number of hydrogen-bond donors (Lipinski definition) is 1. The molecule has 102 valence electrons. The first-order valence-corrected chi connectivity index (χ1v) is 6.42. The zero-order valence-corrected chi connectivity index (χ0v) is 11.5. The van der Waals surface area contributed by atoms with Crippen LogP contribution in [-0.2, 0) is 6.61 Å². The van der Waals surface area contributed by atoms with Gasteiger partial charge in [-0.05, 0) is 19.5 Å². The average molecular weight is 261 g/mol. The second-order valence-corrected chi connectivity index (χ2v) is 4.29. The quantitative estimate of drug-likeness (QED) is 0.866. The summed E-state index contributed by atoms with van der Waals surface area (Å²) in [6, 6.07) is 8.28. The summed E-state index contributed by atoms with van der Waals surface area (Å²) in [6.45, 7) is 4.19. The van der Waals surface area contributed by atoms with E-state index in [1.54, 1.807) is 6.92 Å². The number of rotatable bonds is 6. The van der Waals surface area contributed by atoms with Gasteiger partial charge in [0, 0.05) is 18.5 Å². The third kappa shape index (κ3) is 3.32. The third-order valence-electron chi connectivity index (χ3n) is 2.97. The molecule has 0 aliphatic carbocycles. The SMILES string of the molecule is CCC(NC)c1ccccc1OCc1nnc(C)o1. The molecule has 1 aromatic carbocycles. The molecule has 1 atom stereocenters. The second-order valence-electron chi connectivity index (χ2n) is 4.29. The Morgan fingerprint density at radius 3 is 2.74 bits per heavy atom. The Bertz CT molecular complexity index is 521. The van der Waals surface area contributed by atoms with Crippen molar-refractivity contribution in [3.63, 3.8) is 0 Å². The molecule has 0 saturated heterocycles. The molecule has 1 N–H and O–H groups in total. The molecule has 0 amide bonds. The minimum absolute atomic E-state index is 0.278. The lowest BCUT2D eigenvalue weighted by molar-refractivity contribution is 0.256. The molecule has 0 aliphatic rings. The highest BCUT2D eigenvalue weighted by atomic mass is 16.5. The van der Waals surface area contributed by atoms with Crippen molar-refractivity contribution in [2.75, 3.05) is 7.05 Å². The van der Waals surface area contributed by atoms with Crippen molar-refractivity contribution in [1.29, 1.82) is 0 Å². The number of benzene rings is 1. The first-order valence-electron chi connectivity index (χ1n) is 6.42. The normalized spacial score (nSPS) is 12.4. The maximum absolute atomic E-state index is 5.78. The molecule has 0 saturated carbocycles. The van der Waals surface area contributed by atoms with E-state index in [9.17, 15) is 0 Å². The van der Waals surface area contributed by atoms with Gasteiger partial charge in [0.2, 0.25) is 5.89 Å². The van der Waals surface area contributed by atoms with E-state index in [2.05, 4.69) is 28.5 Å². The number of nitrogens with zero attached hydrogens (tertiary/aromatic N) is 2. The van der Waals surface area contributed by atoms with Crippen LogP contribution >= 0.6 is 0 Å². The lowest BCUT2D eigenvalue weighted by Gasteiger charge is -2.18. The molecule has 0 spiro atoms. The Morgan fingerprint density at radius 2 is 2.11 bits per heavy atom. The molecule has 0 radical (unpaired) electrons. The summed E-state index contributed by atoms with van der Waals surface area (Å²) in [5.41, 5.74) is 1.14. The number of hydrogen-bond acceptors (Lipinski definition) is 5. The van der Waals surface area contributed by atoms with E-state index < -0.39 is 0 Å². The van der Waals surface area contributed by atoms with Gasteiger partial charge in [-0.2, -0.15) is 0 Å². The smallest absolute Gasteiger partial charge is 0.253 e. The topological polar surface area (TPSA) is 60.2 Å². The minimum Gasteiger partial charge on any atom is -0.483 e. The number of aryl methyl sites for hydroxylation is 1. The average Bonchev–Trinajstić information content (AvgIpc) is 2.85. The van der Waals surface area contributed by atoms with Crippen molar-refractivity contribution in [1.82, 2.24) is 15.5 Å². The van der Waals surface area contributed by atoms with E-state index in [0.717, 1.165) is 17.7 Å². The van der Waals surface area contributed by atoms with Crippen LogP contribution in [0, 0.1) is 6.92 Å². The maximum atomic E-state index is 5.78. The lowest BCUT2D eigenvalue weighted by atomic mass is 10.0. The van der Waals surface area contributed by atoms with E-state index in [4.69, 9.17) is 9.15 Å². The predicted octanol–water partition coefficient (Wildman–Crippen LogP) is 2.63. The minimum atomic E-state index is 0.278. The van der Waals surface area contributed by atoms with Crippen LogP contribution in [0.25, 0.3) is 0 Å². The molecule has 1 unspecified atom stereocenters. The molecule has 1 aromatic heterocycles. The monoisotopic (exact) mass is 261 g/mol. The number of ether oxygens (including phenoxy) is 1. The standard InChI is InChI=1S/C14H19N3O2/c1-4-12(15-3)11-7-5-6-8-13(11)18-9-14-17-16-10(2)19-14/h5-8,12,15H,4,9H2,1-3H3. The van der Waals surface area contributed by atoms with Crippen molar-refractivity contribution in [3.05, 3.63) is 41.6 Å². The van der Waals surface area contributed by atoms with Crippen molar-refractivity contribution < 1.29 is 9.15 Å². The van der Waals surface area contributed by atoms with Gasteiger partial charge in [0.1, 0.15) is 5.75 Å². The van der Waals surface area contributed by atoms with E-state index in [0.29, 0.717) is 11.8 Å². The largest absolute Gasteiger partial charge is 0.483 e. The van der Waals surface area contributed by atoms with Crippen LogP contribution in [0.15, 0.2) is 28.7 Å². The van der Waals surface area contributed by atoms with Crippen molar-refractivity contribution >= 4 is 0 Å². The summed E-state index contributed by atoms with van der Waals surface area (Å²) in [4.78, 5) is 0. The Labute approximate surface area is 113 Å². The van der Waals surface area contributed by atoms with Crippen molar-refractivity contribution in [2.45, 2.75) is 32.9 Å². The third-order valence-corrected chi connectivity index (χ3v) is 2.97. The Kier molecular flexibility index (Phi) is 4.52. The van der Waals surface area contributed by atoms with Gasteiger partial charge in [-0.3, -0.25) is 0 Å². The van der Waals surface area contributed by atoms with Gasteiger partial charge in [-0.25, -0.2) is 0 Å². The van der Waals surface area contributed by atoms with Crippen molar-refractivity contribution in [3.8, 4) is 5.75 Å². The summed E-state index contributed by atoms with van der Waals surface area (Å²) >= 11 is 0. The van der Waals surface area contributed by atoms with E-state index in [1.807, 2.05) is 25.2 Å². The first-order chi connectivity index (χ1) is 9.24. The molecule has 19 heavy (non-hydrogen) atoms. The molecule has 5 heteroatoms. The van der Waals surface area contributed by atoms with Crippen LogP contribution in [-0.4, -0.2) is 17.2 Å². The van der Waals surface area contributed by atoms with Crippen LogP contribution in [0.3, 0.4) is 0 Å². The highest BCUT2D eigenvalue weighted by Crippen LogP contribution is 2.27. The van der Waals surface area contributed by atoms with Crippen LogP contribution in [0.4, 0.5) is 0 Å². The van der Waals surface area contributed by atoms with E-state index >= 15 is 0 Å². The van der Waals surface area contributed by atoms with Gasteiger partial charge >= 0.3 is 0 Å². The summed E-state index contributed by atoms with van der Waals surface area (Å²) < 4.78 is 11.1. The fourth-order valence-electron chi connectivity index (χ4n) is 2.01. The Morgan fingerprint density at radius 1 is 1.32 bits per heavy atom.